The van der Waals surface area contributed by atoms with Crippen LogP contribution in [-0.4, -0.2) is 38.2 Å². The first-order chi connectivity index (χ1) is 15.2. The van der Waals surface area contributed by atoms with Crippen LogP contribution >= 0.6 is 0 Å². The molecule has 0 unspecified atom stereocenters. The monoisotopic (exact) mass is 430 g/mol. The van der Waals surface area contributed by atoms with Crippen molar-refractivity contribution in [2.75, 3.05) is 33.3 Å². The molecule has 31 heavy (non-hydrogen) atoms. The van der Waals surface area contributed by atoms with Gasteiger partial charge in [0.1, 0.15) is 12.4 Å². The van der Waals surface area contributed by atoms with Crippen molar-refractivity contribution >= 4 is 0 Å². The fraction of sp³-hybridized carbons (Fsp3) is 0.538. The quantitative estimate of drug-likeness (QED) is 0.342. The van der Waals surface area contributed by atoms with Crippen LogP contribution in [0.2, 0.25) is 0 Å². The standard InChI is InChI=1S/C26H39FN2O2/c1-4-6-17-29(18-7-5-2)19-11-16-28-20-22-13-10-15-25(30-3)26(22)31-21-23-12-8-9-14-24(23)27/h8-10,12-15,28H,4-7,11,16-21H2,1-3H3. The SMILES string of the molecule is CCCCN(CCCC)CCCNCc1cccc(OC)c1OCc1ccccc1F. The molecule has 0 aliphatic carbocycles. The second-order valence-electron chi connectivity index (χ2n) is 7.91. The minimum Gasteiger partial charge on any atom is -0.493 e. The van der Waals surface area contributed by atoms with Gasteiger partial charge in [-0.3, -0.25) is 0 Å². The number of unbranched alkanes of at least 4 members (excludes halogenated alkanes) is 2. The van der Waals surface area contributed by atoms with E-state index in [2.05, 4.69) is 24.1 Å². The van der Waals surface area contributed by atoms with Crippen molar-refractivity contribution in [3.8, 4) is 11.5 Å². The number of hydrogen-bond acceptors (Lipinski definition) is 4. The van der Waals surface area contributed by atoms with E-state index in [-0.39, 0.29) is 12.4 Å². The Balaban J connectivity index is 1.87. The molecule has 0 atom stereocenters. The summed E-state index contributed by atoms with van der Waals surface area (Å²) in [6.07, 6.45) is 6.13. The number of nitrogens with one attached hydrogen (secondary N) is 1. The molecule has 0 heterocycles. The summed E-state index contributed by atoms with van der Waals surface area (Å²) in [6, 6.07) is 12.6. The third kappa shape index (κ3) is 8.88. The molecule has 4 nitrogen and oxygen atoms in total. The lowest BCUT2D eigenvalue weighted by molar-refractivity contribution is 0.260. The minimum absolute atomic E-state index is 0.170. The Morgan fingerprint density at radius 1 is 0.871 bits per heavy atom. The smallest absolute Gasteiger partial charge is 0.166 e. The van der Waals surface area contributed by atoms with Crippen LogP contribution in [0, 0.1) is 5.82 Å². The van der Waals surface area contributed by atoms with Crippen molar-refractivity contribution in [3.05, 3.63) is 59.4 Å². The zero-order valence-electron chi connectivity index (χ0n) is 19.5. The Bertz CT molecular complexity index is 746. The predicted octanol–water partition coefficient (Wildman–Crippen LogP) is 5.80. The van der Waals surface area contributed by atoms with Crippen LogP contribution in [0.25, 0.3) is 0 Å². The molecule has 0 bridgehead atoms. The van der Waals surface area contributed by atoms with Crippen LogP contribution in [-0.2, 0) is 13.2 Å². The first-order valence-corrected chi connectivity index (χ1v) is 11.6. The summed E-state index contributed by atoms with van der Waals surface area (Å²) in [5, 5.41) is 3.53. The second-order valence-corrected chi connectivity index (χ2v) is 7.91. The van der Waals surface area contributed by atoms with Crippen LogP contribution in [0.4, 0.5) is 4.39 Å². The third-order valence-electron chi connectivity index (χ3n) is 5.41. The van der Waals surface area contributed by atoms with E-state index in [0.717, 1.165) is 25.1 Å². The fourth-order valence-electron chi connectivity index (χ4n) is 3.54. The lowest BCUT2D eigenvalue weighted by atomic mass is 10.1. The Kier molecular flexibility index (Phi) is 12.0. The molecule has 0 aliphatic heterocycles. The van der Waals surface area contributed by atoms with Gasteiger partial charge in [-0.05, 0) is 57.6 Å². The van der Waals surface area contributed by atoms with E-state index in [1.165, 1.54) is 44.8 Å². The molecule has 5 heteroatoms. The van der Waals surface area contributed by atoms with Gasteiger partial charge in [0.2, 0.25) is 0 Å². The Morgan fingerprint density at radius 2 is 1.55 bits per heavy atom. The molecule has 0 radical (unpaired) electrons. The van der Waals surface area contributed by atoms with E-state index in [9.17, 15) is 4.39 Å². The van der Waals surface area contributed by atoms with Crippen molar-refractivity contribution < 1.29 is 13.9 Å². The average Bonchev–Trinajstić information content (AvgIpc) is 2.79. The molecule has 2 aromatic rings. The van der Waals surface area contributed by atoms with Gasteiger partial charge >= 0.3 is 0 Å². The molecule has 0 saturated heterocycles. The van der Waals surface area contributed by atoms with Gasteiger partial charge in [0.25, 0.3) is 0 Å². The van der Waals surface area contributed by atoms with Crippen molar-refractivity contribution in [3.63, 3.8) is 0 Å². The van der Waals surface area contributed by atoms with Gasteiger partial charge in [-0.25, -0.2) is 4.39 Å². The van der Waals surface area contributed by atoms with Gasteiger partial charge < -0.3 is 19.7 Å². The maximum Gasteiger partial charge on any atom is 0.166 e. The molecule has 2 rings (SSSR count). The molecule has 0 fully saturated rings. The van der Waals surface area contributed by atoms with Crippen molar-refractivity contribution in [2.24, 2.45) is 0 Å². The number of rotatable bonds is 16. The fourth-order valence-corrected chi connectivity index (χ4v) is 3.54. The Morgan fingerprint density at radius 3 is 2.23 bits per heavy atom. The summed E-state index contributed by atoms with van der Waals surface area (Å²) >= 11 is 0. The van der Waals surface area contributed by atoms with E-state index in [1.807, 2.05) is 24.3 Å². The van der Waals surface area contributed by atoms with E-state index >= 15 is 0 Å². The summed E-state index contributed by atoms with van der Waals surface area (Å²) in [4.78, 5) is 2.59. The maximum absolute atomic E-state index is 14.0. The molecule has 172 valence electrons. The zero-order valence-corrected chi connectivity index (χ0v) is 19.5. The molecule has 2 aromatic carbocycles. The number of benzene rings is 2. The van der Waals surface area contributed by atoms with Crippen molar-refractivity contribution in [1.29, 1.82) is 0 Å². The number of para-hydroxylation sites is 1. The number of ether oxygens (including phenoxy) is 2. The molecule has 0 spiro atoms. The lowest BCUT2D eigenvalue weighted by Gasteiger charge is -2.22. The number of halogens is 1. The largest absolute Gasteiger partial charge is 0.493 e. The molecule has 0 aliphatic rings. The number of hydrogen-bond donors (Lipinski definition) is 1. The highest BCUT2D eigenvalue weighted by Gasteiger charge is 2.12. The van der Waals surface area contributed by atoms with E-state index in [4.69, 9.17) is 9.47 Å². The first-order valence-electron chi connectivity index (χ1n) is 11.6. The normalized spacial score (nSPS) is 11.1. The average molecular weight is 431 g/mol. The third-order valence-corrected chi connectivity index (χ3v) is 5.41. The molecular formula is C26H39FN2O2. The molecule has 0 aromatic heterocycles. The highest BCUT2D eigenvalue weighted by Crippen LogP contribution is 2.32. The van der Waals surface area contributed by atoms with Crippen LogP contribution in [0.15, 0.2) is 42.5 Å². The molecule has 0 amide bonds. The summed E-state index contributed by atoms with van der Waals surface area (Å²) < 4.78 is 25.4. The van der Waals surface area contributed by atoms with Crippen molar-refractivity contribution in [2.45, 2.75) is 59.1 Å². The van der Waals surface area contributed by atoms with Gasteiger partial charge in [-0.15, -0.1) is 0 Å². The van der Waals surface area contributed by atoms with E-state index in [0.29, 0.717) is 23.6 Å². The molecule has 0 saturated carbocycles. The maximum atomic E-state index is 14.0. The highest BCUT2D eigenvalue weighted by molar-refractivity contribution is 5.46. The zero-order chi connectivity index (χ0) is 22.3. The van der Waals surface area contributed by atoms with Gasteiger partial charge in [0, 0.05) is 17.7 Å². The van der Waals surface area contributed by atoms with Crippen molar-refractivity contribution in [1.82, 2.24) is 10.2 Å². The van der Waals surface area contributed by atoms with E-state index < -0.39 is 0 Å². The Hall–Kier alpha value is -2.11. The van der Waals surface area contributed by atoms with Crippen LogP contribution in [0.1, 0.15) is 57.1 Å². The van der Waals surface area contributed by atoms with Gasteiger partial charge in [0.15, 0.2) is 11.5 Å². The highest BCUT2D eigenvalue weighted by atomic mass is 19.1. The number of methoxy groups -OCH3 is 1. The van der Waals surface area contributed by atoms with Crippen LogP contribution in [0.3, 0.4) is 0 Å². The van der Waals surface area contributed by atoms with Crippen LogP contribution in [0.5, 0.6) is 11.5 Å². The molecule has 1 N–H and O–H groups in total. The second kappa shape index (κ2) is 14.8. The molecular weight excluding hydrogens is 391 g/mol. The summed E-state index contributed by atoms with van der Waals surface area (Å²) in [5.74, 6) is 1.09. The summed E-state index contributed by atoms with van der Waals surface area (Å²) in [6.45, 7) is 9.82. The van der Waals surface area contributed by atoms with E-state index in [1.54, 1.807) is 19.2 Å². The summed E-state index contributed by atoms with van der Waals surface area (Å²) in [5.41, 5.74) is 1.55. The number of nitrogens with zero attached hydrogens (tertiary/aromatic N) is 1. The first kappa shape index (κ1) is 25.2. The van der Waals surface area contributed by atoms with Gasteiger partial charge in [-0.1, -0.05) is 57.0 Å². The van der Waals surface area contributed by atoms with Crippen LogP contribution < -0.4 is 14.8 Å². The minimum atomic E-state index is -0.257. The predicted molar refractivity (Wildman–Crippen MR) is 126 cm³/mol. The topological polar surface area (TPSA) is 33.7 Å². The Labute approximate surface area is 187 Å². The summed E-state index contributed by atoms with van der Waals surface area (Å²) in [7, 11) is 1.63. The van der Waals surface area contributed by atoms with Gasteiger partial charge in [0.05, 0.1) is 7.11 Å². The lowest BCUT2D eigenvalue weighted by Crippen LogP contribution is -2.29. The van der Waals surface area contributed by atoms with Gasteiger partial charge in [-0.2, -0.15) is 0 Å².